The minimum atomic E-state index is -0.542. The molecule has 24 heavy (non-hydrogen) atoms. The molecule has 2 aromatic heterocycles. The van der Waals surface area contributed by atoms with Crippen molar-refractivity contribution in [2.24, 2.45) is 0 Å². The van der Waals surface area contributed by atoms with Gasteiger partial charge >= 0.3 is 0 Å². The van der Waals surface area contributed by atoms with E-state index in [1.165, 1.54) is 17.5 Å². The van der Waals surface area contributed by atoms with Gasteiger partial charge in [0.15, 0.2) is 5.13 Å². The minimum absolute atomic E-state index is 0.0711. The molecule has 1 aromatic carbocycles. The van der Waals surface area contributed by atoms with Gasteiger partial charge in [0.1, 0.15) is 11.4 Å². The SMILES string of the molecule is Cc1nc(NC(=O)c2cnc(-c3ccc(Cl)cc3)[nH]c2=O)sc1C. The fraction of sp³-hybridized carbons (Fsp3) is 0.125. The Hall–Kier alpha value is -2.51. The van der Waals surface area contributed by atoms with Crippen molar-refractivity contribution in [3.63, 3.8) is 0 Å². The van der Waals surface area contributed by atoms with E-state index in [0.717, 1.165) is 10.6 Å². The van der Waals surface area contributed by atoms with Crippen molar-refractivity contribution in [1.82, 2.24) is 15.0 Å². The van der Waals surface area contributed by atoms with Crippen LogP contribution in [0.4, 0.5) is 5.13 Å². The molecular weight excluding hydrogens is 348 g/mol. The highest BCUT2D eigenvalue weighted by Crippen LogP contribution is 2.21. The number of carbonyl (C=O) groups excluding carboxylic acids is 1. The number of hydrogen-bond acceptors (Lipinski definition) is 5. The summed E-state index contributed by atoms with van der Waals surface area (Å²) in [5, 5.41) is 3.66. The maximum Gasteiger partial charge on any atom is 0.264 e. The second kappa shape index (κ2) is 6.54. The Labute approximate surface area is 146 Å². The number of thiazole rings is 1. The fourth-order valence-electron chi connectivity index (χ4n) is 2.00. The molecule has 1 amide bonds. The van der Waals surface area contributed by atoms with E-state index in [2.05, 4.69) is 20.3 Å². The Balaban J connectivity index is 1.85. The second-order valence-electron chi connectivity index (χ2n) is 5.10. The zero-order valence-corrected chi connectivity index (χ0v) is 14.5. The highest BCUT2D eigenvalue weighted by Gasteiger charge is 2.15. The molecule has 3 rings (SSSR count). The average molecular weight is 361 g/mol. The molecule has 0 saturated heterocycles. The number of aromatic nitrogens is 3. The van der Waals surface area contributed by atoms with Crippen LogP contribution in [0.25, 0.3) is 11.4 Å². The Kier molecular flexibility index (Phi) is 4.46. The van der Waals surface area contributed by atoms with E-state index in [4.69, 9.17) is 11.6 Å². The number of amides is 1. The minimum Gasteiger partial charge on any atom is -0.306 e. The molecule has 8 heteroatoms. The molecule has 0 bridgehead atoms. The van der Waals surface area contributed by atoms with Gasteiger partial charge in [-0.05, 0) is 38.1 Å². The molecule has 0 aliphatic heterocycles. The Morgan fingerprint density at radius 2 is 1.96 bits per heavy atom. The lowest BCUT2D eigenvalue weighted by atomic mass is 10.2. The van der Waals surface area contributed by atoms with E-state index in [1.807, 2.05) is 13.8 Å². The number of anilines is 1. The van der Waals surface area contributed by atoms with Crippen LogP contribution in [-0.4, -0.2) is 20.9 Å². The number of rotatable bonds is 3. The summed E-state index contributed by atoms with van der Waals surface area (Å²) in [6.07, 6.45) is 1.26. The summed E-state index contributed by atoms with van der Waals surface area (Å²) in [5.74, 6) is -0.172. The van der Waals surface area contributed by atoms with E-state index < -0.39 is 11.5 Å². The van der Waals surface area contributed by atoms with Gasteiger partial charge in [0.05, 0.1) is 5.69 Å². The number of nitrogens with one attached hydrogen (secondary N) is 2. The molecule has 0 aliphatic rings. The predicted molar refractivity (Wildman–Crippen MR) is 94.8 cm³/mol. The van der Waals surface area contributed by atoms with Gasteiger partial charge in [-0.3, -0.25) is 14.9 Å². The van der Waals surface area contributed by atoms with Crippen LogP contribution >= 0.6 is 22.9 Å². The first-order valence-corrected chi connectivity index (χ1v) is 8.24. The molecule has 0 radical (unpaired) electrons. The van der Waals surface area contributed by atoms with Crippen LogP contribution in [-0.2, 0) is 0 Å². The molecule has 0 unspecified atom stereocenters. The van der Waals surface area contributed by atoms with Crippen molar-refractivity contribution in [1.29, 1.82) is 0 Å². The number of nitrogens with zero attached hydrogens (tertiary/aromatic N) is 2. The normalized spacial score (nSPS) is 10.6. The van der Waals surface area contributed by atoms with Crippen LogP contribution in [0.15, 0.2) is 35.3 Å². The lowest BCUT2D eigenvalue weighted by Gasteiger charge is -2.04. The van der Waals surface area contributed by atoms with E-state index in [0.29, 0.717) is 21.5 Å². The van der Waals surface area contributed by atoms with Gasteiger partial charge < -0.3 is 4.98 Å². The van der Waals surface area contributed by atoms with E-state index in [9.17, 15) is 9.59 Å². The lowest BCUT2D eigenvalue weighted by Crippen LogP contribution is -2.24. The molecule has 0 fully saturated rings. The largest absolute Gasteiger partial charge is 0.306 e. The summed E-state index contributed by atoms with van der Waals surface area (Å²) in [6, 6.07) is 6.87. The first-order chi connectivity index (χ1) is 11.4. The summed E-state index contributed by atoms with van der Waals surface area (Å²) in [6.45, 7) is 3.77. The zero-order valence-electron chi connectivity index (χ0n) is 12.9. The molecule has 6 nitrogen and oxygen atoms in total. The first-order valence-electron chi connectivity index (χ1n) is 7.04. The van der Waals surface area contributed by atoms with Gasteiger partial charge in [-0.25, -0.2) is 9.97 Å². The number of aryl methyl sites for hydroxylation is 2. The summed E-state index contributed by atoms with van der Waals surface area (Å²) in [5.41, 5.74) is 0.964. The molecule has 0 saturated carbocycles. The summed E-state index contributed by atoms with van der Waals surface area (Å²) >= 11 is 7.19. The van der Waals surface area contributed by atoms with Crippen molar-refractivity contribution in [2.45, 2.75) is 13.8 Å². The maximum atomic E-state index is 12.2. The summed E-state index contributed by atoms with van der Waals surface area (Å²) in [4.78, 5) is 36.4. The Morgan fingerprint density at radius 3 is 2.54 bits per heavy atom. The van der Waals surface area contributed by atoms with Crippen LogP contribution in [0.5, 0.6) is 0 Å². The van der Waals surface area contributed by atoms with Gasteiger partial charge in [-0.1, -0.05) is 11.6 Å². The van der Waals surface area contributed by atoms with Gasteiger partial charge in [-0.15, -0.1) is 11.3 Å². The van der Waals surface area contributed by atoms with Crippen molar-refractivity contribution < 1.29 is 4.79 Å². The quantitative estimate of drug-likeness (QED) is 0.749. The first kappa shape index (κ1) is 16.4. The molecule has 2 N–H and O–H groups in total. The number of carbonyl (C=O) groups is 1. The Morgan fingerprint density at radius 1 is 1.25 bits per heavy atom. The summed E-state index contributed by atoms with van der Waals surface area (Å²) < 4.78 is 0. The molecular formula is C16H13ClN4O2S. The zero-order chi connectivity index (χ0) is 17.3. The number of halogens is 1. The van der Waals surface area contributed by atoms with Gasteiger partial charge in [0.25, 0.3) is 11.5 Å². The van der Waals surface area contributed by atoms with Crippen LogP contribution in [0.3, 0.4) is 0 Å². The van der Waals surface area contributed by atoms with E-state index in [1.54, 1.807) is 24.3 Å². The van der Waals surface area contributed by atoms with Crippen LogP contribution in [0.1, 0.15) is 20.9 Å². The monoisotopic (exact) mass is 360 g/mol. The highest BCUT2D eigenvalue weighted by atomic mass is 35.5. The summed E-state index contributed by atoms with van der Waals surface area (Å²) in [7, 11) is 0. The van der Waals surface area contributed by atoms with Crippen LogP contribution in [0, 0.1) is 13.8 Å². The fourth-order valence-corrected chi connectivity index (χ4v) is 2.94. The molecule has 0 atom stereocenters. The van der Waals surface area contributed by atoms with Crippen molar-refractivity contribution >= 4 is 34.0 Å². The molecule has 0 spiro atoms. The van der Waals surface area contributed by atoms with Gasteiger partial charge in [0, 0.05) is 21.7 Å². The third-order valence-corrected chi connectivity index (χ3v) is 4.65. The topological polar surface area (TPSA) is 87.7 Å². The highest BCUT2D eigenvalue weighted by molar-refractivity contribution is 7.15. The predicted octanol–water partition coefficient (Wildman–Crippen LogP) is 3.42. The van der Waals surface area contributed by atoms with Gasteiger partial charge in [0.2, 0.25) is 0 Å². The van der Waals surface area contributed by atoms with E-state index >= 15 is 0 Å². The number of benzene rings is 1. The third-order valence-electron chi connectivity index (χ3n) is 3.41. The molecule has 2 heterocycles. The lowest BCUT2D eigenvalue weighted by molar-refractivity contribution is 0.102. The molecule has 3 aromatic rings. The number of aromatic amines is 1. The van der Waals surface area contributed by atoms with Crippen LogP contribution < -0.4 is 10.9 Å². The molecule has 0 aliphatic carbocycles. The maximum absolute atomic E-state index is 12.2. The number of hydrogen-bond donors (Lipinski definition) is 2. The van der Waals surface area contributed by atoms with Crippen LogP contribution in [0.2, 0.25) is 5.02 Å². The van der Waals surface area contributed by atoms with Gasteiger partial charge in [-0.2, -0.15) is 0 Å². The van der Waals surface area contributed by atoms with Crippen molar-refractivity contribution in [3.05, 3.63) is 62.0 Å². The number of H-pyrrole nitrogens is 1. The van der Waals surface area contributed by atoms with Crippen molar-refractivity contribution in [3.8, 4) is 11.4 Å². The smallest absolute Gasteiger partial charge is 0.264 e. The molecule has 122 valence electrons. The second-order valence-corrected chi connectivity index (χ2v) is 6.74. The standard InChI is InChI=1S/C16H13ClN4O2S/c1-8-9(2)24-16(19-8)21-15(23)12-7-18-13(20-14(12)22)10-3-5-11(17)6-4-10/h3-7H,1-2H3,(H,18,20,22)(H,19,21,23). The van der Waals surface area contributed by atoms with E-state index in [-0.39, 0.29) is 5.56 Å². The van der Waals surface area contributed by atoms with Crippen molar-refractivity contribution in [2.75, 3.05) is 5.32 Å². The third kappa shape index (κ3) is 3.37. The average Bonchev–Trinajstić information content (AvgIpc) is 2.85. The Bertz CT molecular complexity index is 943.